The summed E-state index contributed by atoms with van der Waals surface area (Å²) in [4.78, 5) is 17.5. The fourth-order valence-electron chi connectivity index (χ4n) is 3.39. The Morgan fingerprint density at radius 1 is 1.15 bits per heavy atom. The predicted molar refractivity (Wildman–Crippen MR) is 107 cm³/mol. The number of thiophene rings is 2. The topological polar surface area (TPSA) is 29.5 Å². The summed E-state index contributed by atoms with van der Waals surface area (Å²) in [5.41, 5.74) is 2.53. The van der Waals surface area contributed by atoms with Crippen molar-refractivity contribution in [2.24, 2.45) is 0 Å². The molecule has 1 aliphatic rings. The zero-order chi connectivity index (χ0) is 17.9. The third-order valence-electron chi connectivity index (χ3n) is 4.79. The van der Waals surface area contributed by atoms with E-state index < -0.39 is 0 Å². The summed E-state index contributed by atoms with van der Waals surface area (Å²) in [6, 6.07) is 14.3. The Hall–Kier alpha value is -2.11. The summed E-state index contributed by atoms with van der Waals surface area (Å²) >= 11 is 3.50. The minimum atomic E-state index is 0.0172. The first-order chi connectivity index (χ1) is 12.8. The van der Waals surface area contributed by atoms with Crippen molar-refractivity contribution in [3.05, 3.63) is 74.1 Å². The largest absolute Gasteiger partial charge is 0.484 e. The first kappa shape index (κ1) is 17.3. The molecule has 4 rings (SSSR count). The van der Waals surface area contributed by atoms with Crippen molar-refractivity contribution in [3.63, 3.8) is 0 Å². The Labute approximate surface area is 161 Å². The van der Waals surface area contributed by atoms with Crippen LogP contribution in [0.15, 0.2) is 53.2 Å². The molecule has 3 aromatic rings. The summed E-state index contributed by atoms with van der Waals surface area (Å²) in [6.07, 6.45) is 1.92. The fraction of sp³-hybridized carbons (Fsp3) is 0.286. The van der Waals surface area contributed by atoms with Crippen molar-refractivity contribution >= 4 is 28.6 Å². The lowest BCUT2D eigenvalue weighted by Crippen LogP contribution is -2.42. The lowest BCUT2D eigenvalue weighted by molar-refractivity contribution is -0.135. The van der Waals surface area contributed by atoms with E-state index in [2.05, 4.69) is 35.9 Å². The van der Waals surface area contributed by atoms with Crippen molar-refractivity contribution in [2.75, 3.05) is 13.2 Å². The van der Waals surface area contributed by atoms with Crippen LogP contribution in [0.2, 0.25) is 0 Å². The number of hydrogen-bond acceptors (Lipinski definition) is 4. The minimum Gasteiger partial charge on any atom is -0.484 e. The van der Waals surface area contributed by atoms with Gasteiger partial charge in [0.05, 0.1) is 6.04 Å². The smallest absolute Gasteiger partial charge is 0.261 e. The highest BCUT2D eigenvalue weighted by molar-refractivity contribution is 7.10. The van der Waals surface area contributed by atoms with Crippen LogP contribution in [0.5, 0.6) is 5.75 Å². The van der Waals surface area contributed by atoms with Gasteiger partial charge in [0.25, 0.3) is 5.91 Å². The molecule has 3 heterocycles. The van der Waals surface area contributed by atoms with Crippen LogP contribution in [0.4, 0.5) is 0 Å². The maximum Gasteiger partial charge on any atom is 0.261 e. The van der Waals surface area contributed by atoms with Crippen LogP contribution in [0.25, 0.3) is 0 Å². The zero-order valence-electron chi connectivity index (χ0n) is 14.7. The molecule has 1 aromatic carbocycles. The molecule has 1 aliphatic heterocycles. The van der Waals surface area contributed by atoms with Gasteiger partial charge in [-0.15, -0.1) is 22.7 Å². The van der Waals surface area contributed by atoms with Gasteiger partial charge < -0.3 is 9.64 Å². The SMILES string of the molecule is CCc1ccc(OCC(=O)N2CCc3sccc3[C@@H]2c2cccs2)cc1. The summed E-state index contributed by atoms with van der Waals surface area (Å²) < 4.78 is 5.77. The van der Waals surface area contributed by atoms with E-state index >= 15 is 0 Å². The normalized spacial score (nSPS) is 16.3. The first-order valence-electron chi connectivity index (χ1n) is 8.87. The molecule has 2 aromatic heterocycles. The number of rotatable bonds is 5. The van der Waals surface area contributed by atoms with E-state index in [0.29, 0.717) is 0 Å². The molecule has 1 amide bonds. The number of hydrogen-bond donors (Lipinski definition) is 0. The van der Waals surface area contributed by atoms with E-state index in [1.807, 2.05) is 29.2 Å². The maximum atomic E-state index is 12.9. The Balaban J connectivity index is 1.50. The molecule has 26 heavy (non-hydrogen) atoms. The van der Waals surface area contributed by atoms with Crippen molar-refractivity contribution in [1.29, 1.82) is 0 Å². The summed E-state index contributed by atoms with van der Waals surface area (Å²) in [6.45, 7) is 2.94. The number of ether oxygens (including phenoxy) is 1. The van der Waals surface area contributed by atoms with E-state index in [9.17, 15) is 4.79 Å². The van der Waals surface area contributed by atoms with Crippen LogP contribution >= 0.6 is 22.7 Å². The van der Waals surface area contributed by atoms with Crippen molar-refractivity contribution < 1.29 is 9.53 Å². The summed E-state index contributed by atoms with van der Waals surface area (Å²) in [5, 5.41) is 4.20. The fourth-order valence-corrected chi connectivity index (χ4v) is 5.15. The lowest BCUT2D eigenvalue weighted by atomic mass is 9.98. The Morgan fingerprint density at radius 3 is 2.73 bits per heavy atom. The molecule has 0 aliphatic carbocycles. The first-order valence-corrected chi connectivity index (χ1v) is 10.6. The summed E-state index contributed by atoms with van der Waals surface area (Å²) in [7, 11) is 0. The average molecular weight is 384 g/mol. The second-order valence-corrected chi connectivity index (χ2v) is 8.32. The Bertz CT molecular complexity index is 868. The average Bonchev–Trinajstić information content (AvgIpc) is 3.37. The number of nitrogens with zero attached hydrogens (tertiary/aromatic N) is 1. The molecule has 5 heteroatoms. The van der Waals surface area contributed by atoms with Gasteiger partial charge in [0.2, 0.25) is 0 Å². The second kappa shape index (κ2) is 7.64. The molecule has 0 saturated heterocycles. The van der Waals surface area contributed by atoms with Crippen molar-refractivity contribution in [3.8, 4) is 5.75 Å². The van der Waals surface area contributed by atoms with Gasteiger partial charge in [-0.1, -0.05) is 25.1 Å². The van der Waals surface area contributed by atoms with E-state index in [1.54, 1.807) is 22.7 Å². The van der Waals surface area contributed by atoms with Crippen LogP contribution < -0.4 is 4.74 Å². The number of benzene rings is 1. The van der Waals surface area contributed by atoms with Crippen LogP contribution in [0, 0.1) is 0 Å². The quantitative estimate of drug-likeness (QED) is 0.625. The number of carbonyl (C=O) groups is 1. The molecule has 134 valence electrons. The highest BCUT2D eigenvalue weighted by Crippen LogP contribution is 2.39. The monoisotopic (exact) mass is 383 g/mol. The standard InChI is InChI=1S/C21H21NO2S2/c1-2-15-5-7-16(8-6-15)24-14-20(23)22-11-9-18-17(10-13-26-18)21(22)19-4-3-12-25-19/h3-8,10,12-13,21H,2,9,11,14H2,1H3/t21-/m1/s1. The molecule has 1 atom stereocenters. The minimum absolute atomic E-state index is 0.0172. The van der Waals surface area contributed by atoms with E-state index in [-0.39, 0.29) is 18.6 Å². The number of aryl methyl sites for hydroxylation is 1. The third-order valence-corrected chi connectivity index (χ3v) is 6.71. The van der Waals surface area contributed by atoms with Gasteiger partial charge >= 0.3 is 0 Å². The molecule has 0 bridgehead atoms. The zero-order valence-corrected chi connectivity index (χ0v) is 16.3. The third kappa shape index (κ3) is 3.41. The van der Waals surface area contributed by atoms with Crippen molar-refractivity contribution in [1.82, 2.24) is 4.90 Å². The highest BCUT2D eigenvalue weighted by Gasteiger charge is 2.33. The molecule has 0 saturated carbocycles. The van der Waals surface area contributed by atoms with Crippen LogP contribution in [0.3, 0.4) is 0 Å². The van der Waals surface area contributed by atoms with Gasteiger partial charge in [-0.2, -0.15) is 0 Å². The van der Waals surface area contributed by atoms with Gasteiger partial charge in [-0.05, 0) is 59.0 Å². The van der Waals surface area contributed by atoms with Crippen LogP contribution in [-0.2, 0) is 17.6 Å². The van der Waals surface area contributed by atoms with Gasteiger partial charge in [0, 0.05) is 16.3 Å². The van der Waals surface area contributed by atoms with E-state index in [1.165, 1.54) is 20.9 Å². The van der Waals surface area contributed by atoms with Gasteiger partial charge in [-0.3, -0.25) is 4.79 Å². The van der Waals surface area contributed by atoms with Crippen LogP contribution in [0.1, 0.15) is 33.8 Å². The van der Waals surface area contributed by atoms with Crippen LogP contribution in [-0.4, -0.2) is 24.0 Å². The Kier molecular flexibility index (Phi) is 5.09. The van der Waals surface area contributed by atoms with Gasteiger partial charge in [0.1, 0.15) is 5.75 Å². The highest BCUT2D eigenvalue weighted by atomic mass is 32.1. The maximum absolute atomic E-state index is 12.9. The lowest BCUT2D eigenvalue weighted by Gasteiger charge is -2.35. The van der Waals surface area contributed by atoms with E-state index in [0.717, 1.165) is 25.1 Å². The van der Waals surface area contributed by atoms with E-state index in [4.69, 9.17) is 4.74 Å². The molecular weight excluding hydrogens is 362 g/mol. The molecule has 0 fully saturated rings. The molecule has 0 N–H and O–H groups in total. The Morgan fingerprint density at radius 2 is 2.00 bits per heavy atom. The summed E-state index contributed by atoms with van der Waals surface area (Å²) in [5.74, 6) is 0.788. The predicted octanol–water partition coefficient (Wildman–Crippen LogP) is 4.93. The number of fused-ring (bicyclic) bond motifs is 1. The molecule has 0 unspecified atom stereocenters. The molecular formula is C21H21NO2S2. The van der Waals surface area contributed by atoms with Gasteiger partial charge in [0.15, 0.2) is 6.61 Å². The number of carbonyl (C=O) groups excluding carboxylic acids is 1. The van der Waals surface area contributed by atoms with Crippen molar-refractivity contribution in [2.45, 2.75) is 25.8 Å². The number of amides is 1. The second-order valence-electron chi connectivity index (χ2n) is 6.34. The molecule has 0 radical (unpaired) electrons. The van der Waals surface area contributed by atoms with Gasteiger partial charge in [-0.25, -0.2) is 0 Å². The molecule has 0 spiro atoms. The molecule has 3 nitrogen and oxygen atoms in total.